The van der Waals surface area contributed by atoms with Gasteiger partial charge in [-0.25, -0.2) is 13.8 Å². The normalized spacial score (nSPS) is 14.7. The highest BCUT2D eigenvalue weighted by atomic mass is 19.1. The predicted molar refractivity (Wildman–Crippen MR) is 127 cm³/mol. The summed E-state index contributed by atoms with van der Waals surface area (Å²) in [5, 5.41) is 3.69. The molecule has 35 heavy (non-hydrogen) atoms. The number of amides is 1. The zero-order valence-electron chi connectivity index (χ0n) is 18.5. The number of ketones is 1. The molecule has 0 saturated heterocycles. The molecule has 2 aromatic heterocycles. The molecule has 0 bridgehead atoms. The van der Waals surface area contributed by atoms with E-state index in [1.54, 1.807) is 44.6 Å². The van der Waals surface area contributed by atoms with Crippen molar-refractivity contribution in [1.29, 1.82) is 0 Å². The zero-order valence-corrected chi connectivity index (χ0v) is 18.5. The maximum absolute atomic E-state index is 14.4. The topological polar surface area (TPSA) is 98.2 Å². The molecule has 8 nitrogen and oxygen atoms in total. The first-order chi connectivity index (χ1) is 16.9. The van der Waals surface area contributed by atoms with Crippen LogP contribution in [0.1, 0.15) is 38.8 Å². The first-order valence-corrected chi connectivity index (χ1v) is 11.1. The van der Waals surface area contributed by atoms with Crippen LogP contribution in [-0.4, -0.2) is 32.4 Å². The average molecular weight is 474 g/mol. The number of Topliss-reactive ketones (excluding diaryl/α,β-unsaturated/α-hetero) is 1. The van der Waals surface area contributed by atoms with Crippen LogP contribution in [0.3, 0.4) is 0 Å². The van der Waals surface area contributed by atoms with Crippen LogP contribution in [0.15, 0.2) is 48.7 Å². The number of anilines is 2. The van der Waals surface area contributed by atoms with Crippen molar-refractivity contribution in [2.45, 2.75) is 19.5 Å². The summed E-state index contributed by atoms with van der Waals surface area (Å²) in [7, 11) is 0. The number of carbonyl (C=O) groups excluding carboxylic acids is 2. The maximum Gasteiger partial charge on any atom is 0.267 e. The number of hydrogen-bond acceptors (Lipinski definition) is 5. The summed E-state index contributed by atoms with van der Waals surface area (Å²) in [6.07, 6.45) is 3.86. The number of rotatable bonds is 4. The van der Waals surface area contributed by atoms with Gasteiger partial charge in [0.1, 0.15) is 34.7 Å². The van der Waals surface area contributed by atoms with Gasteiger partial charge >= 0.3 is 0 Å². The van der Waals surface area contributed by atoms with Crippen molar-refractivity contribution < 1.29 is 18.4 Å². The van der Waals surface area contributed by atoms with E-state index in [0.29, 0.717) is 52.5 Å². The Morgan fingerprint density at radius 1 is 1.11 bits per heavy atom. The molecule has 176 valence electrons. The van der Waals surface area contributed by atoms with Gasteiger partial charge in [0.15, 0.2) is 5.78 Å². The minimum absolute atomic E-state index is 0.0350. The molecule has 0 radical (unpaired) electrons. The fraction of sp³-hybridized carbons (Fsp3) is 0.160. The van der Waals surface area contributed by atoms with Crippen molar-refractivity contribution in [1.82, 2.24) is 14.1 Å². The molecule has 0 fully saturated rings. The summed E-state index contributed by atoms with van der Waals surface area (Å²) in [5.74, 6) is -0.368. The maximum atomic E-state index is 14.4. The lowest BCUT2D eigenvalue weighted by molar-refractivity contribution is 0.0975. The van der Waals surface area contributed by atoms with Crippen LogP contribution in [0.5, 0.6) is 0 Å². The molecule has 2 aromatic carbocycles. The quantitative estimate of drug-likeness (QED) is 0.470. The van der Waals surface area contributed by atoms with E-state index in [2.05, 4.69) is 10.3 Å². The van der Waals surface area contributed by atoms with Gasteiger partial charge in [0.05, 0.1) is 17.7 Å². The average Bonchev–Trinajstić information content (AvgIpc) is 3.35. The Kier molecular flexibility index (Phi) is 4.70. The summed E-state index contributed by atoms with van der Waals surface area (Å²) in [6, 6.07) is 10.3. The minimum Gasteiger partial charge on any atom is -0.369 e. The standard InChI is InChI=1S/C25H20F2N6O2/c26-15-3-1-2-14(10-15)12-33-18-5-4-16(27)11-17(18)22(23(33)24(28)35)31-8-9-32-20(13-31)30-21-19(34)6-7-29-25(21)32/h1-5,8-11,29H,6-7,12-13H2,(H2,28,35). The van der Waals surface area contributed by atoms with Gasteiger partial charge in [-0.1, -0.05) is 12.1 Å². The highest BCUT2D eigenvalue weighted by Crippen LogP contribution is 2.38. The summed E-state index contributed by atoms with van der Waals surface area (Å²) in [4.78, 5) is 31.4. The summed E-state index contributed by atoms with van der Waals surface area (Å²) in [5.41, 5.74) is 8.02. The molecule has 3 N–H and O–H groups in total. The molecule has 0 unspecified atom stereocenters. The second-order valence-electron chi connectivity index (χ2n) is 8.56. The third-order valence-corrected chi connectivity index (χ3v) is 6.35. The van der Waals surface area contributed by atoms with Crippen LogP contribution in [-0.2, 0) is 13.1 Å². The van der Waals surface area contributed by atoms with Crippen LogP contribution in [0.25, 0.3) is 17.1 Å². The number of fused-ring (bicyclic) bond motifs is 4. The van der Waals surface area contributed by atoms with Crippen molar-refractivity contribution in [3.8, 4) is 0 Å². The molecular weight excluding hydrogens is 454 g/mol. The minimum atomic E-state index is -0.702. The number of imidazole rings is 1. The van der Waals surface area contributed by atoms with Gasteiger partial charge in [-0.2, -0.15) is 0 Å². The SMILES string of the molecule is NC(=O)c1c(N2C=Cn3c(nc4c3NCCC4=O)C2)c2cc(F)ccc2n1Cc1cccc(F)c1. The number of nitrogens with zero attached hydrogens (tertiary/aromatic N) is 4. The van der Waals surface area contributed by atoms with Gasteiger partial charge in [-0.3, -0.25) is 14.2 Å². The third kappa shape index (κ3) is 3.37. The number of primary amides is 1. The van der Waals surface area contributed by atoms with Gasteiger partial charge in [0.25, 0.3) is 5.91 Å². The Morgan fingerprint density at radius 3 is 2.74 bits per heavy atom. The van der Waals surface area contributed by atoms with E-state index in [-0.39, 0.29) is 24.6 Å². The summed E-state index contributed by atoms with van der Waals surface area (Å²) >= 11 is 0. The molecule has 4 heterocycles. The van der Waals surface area contributed by atoms with E-state index in [0.717, 1.165) is 0 Å². The molecule has 0 spiro atoms. The number of halogens is 2. The second-order valence-corrected chi connectivity index (χ2v) is 8.56. The zero-order chi connectivity index (χ0) is 24.3. The lowest BCUT2D eigenvalue weighted by Crippen LogP contribution is -2.26. The largest absolute Gasteiger partial charge is 0.369 e. The van der Waals surface area contributed by atoms with Gasteiger partial charge in [0, 0.05) is 37.3 Å². The third-order valence-electron chi connectivity index (χ3n) is 6.35. The Labute approximate surface area is 198 Å². The lowest BCUT2D eigenvalue weighted by atomic mass is 10.1. The van der Waals surface area contributed by atoms with E-state index in [1.165, 1.54) is 24.3 Å². The smallest absolute Gasteiger partial charge is 0.267 e. The Hall–Kier alpha value is -4.47. The van der Waals surface area contributed by atoms with Crippen molar-refractivity contribution >= 4 is 40.3 Å². The number of hydrogen-bond donors (Lipinski definition) is 2. The molecule has 6 rings (SSSR count). The number of nitrogens with two attached hydrogens (primary N) is 1. The molecule has 0 saturated carbocycles. The first-order valence-electron chi connectivity index (χ1n) is 11.1. The number of benzene rings is 2. The molecule has 0 aliphatic carbocycles. The van der Waals surface area contributed by atoms with Crippen LogP contribution < -0.4 is 16.0 Å². The Bertz CT molecular complexity index is 1570. The fourth-order valence-corrected chi connectivity index (χ4v) is 4.86. The van der Waals surface area contributed by atoms with Crippen LogP contribution in [0, 0.1) is 11.6 Å². The lowest BCUT2D eigenvalue weighted by Gasteiger charge is -2.25. The molecule has 2 aliphatic rings. The molecular formula is C25H20F2N6O2. The molecule has 2 aliphatic heterocycles. The van der Waals surface area contributed by atoms with E-state index in [9.17, 15) is 18.4 Å². The number of nitrogens with one attached hydrogen (secondary N) is 1. The van der Waals surface area contributed by atoms with E-state index >= 15 is 0 Å². The monoisotopic (exact) mass is 474 g/mol. The van der Waals surface area contributed by atoms with E-state index < -0.39 is 17.5 Å². The van der Waals surface area contributed by atoms with Crippen molar-refractivity contribution in [3.05, 3.63) is 83.1 Å². The fourth-order valence-electron chi connectivity index (χ4n) is 4.86. The molecule has 1 amide bonds. The highest BCUT2D eigenvalue weighted by molar-refractivity contribution is 6.09. The van der Waals surface area contributed by atoms with Gasteiger partial charge in [-0.05, 0) is 35.9 Å². The Morgan fingerprint density at radius 2 is 1.94 bits per heavy atom. The Balaban J connectivity index is 1.51. The van der Waals surface area contributed by atoms with Gasteiger partial charge in [-0.15, -0.1) is 0 Å². The number of carbonyl (C=O) groups is 2. The first kappa shape index (κ1) is 21.1. The summed E-state index contributed by atoms with van der Waals surface area (Å²) in [6.45, 7) is 0.929. The predicted octanol–water partition coefficient (Wildman–Crippen LogP) is 3.71. The highest BCUT2D eigenvalue weighted by Gasteiger charge is 2.31. The van der Waals surface area contributed by atoms with Crippen LogP contribution in [0.2, 0.25) is 0 Å². The van der Waals surface area contributed by atoms with Crippen molar-refractivity contribution in [2.24, 2.45) is 5.73 Å². The summed E-state index contributed by atoms with van der Waals surface area (Å²) < 4.78 is 31.7. The van der Waals surface area contributed by atoms with Gasteiger partial charge in [0.2, 0.25) is 0 Å². The molecule has 0 atom stereocenters. The second kappa shape index (κ2) is 7.79. The molecule has 4 aromatic rings. The van der Waals surface area contributed by atoms with Crippen molar-refractivity contribution in [3.63, 3.8) is 0 Å². The van der Waals surface area contributed by atoms with Crippen LogP contribution in [0.4, 0.5) is 20.3 Å². The van der Waals surface area contributed by atoms with E-state index in [4.69, 9.17) is 5.73 Å². The van der Waals surface area contributed by atoms with Crippen LogP contribution >= 0.6 is 0 Å². The number of aromatic nitrogens is 3. The van der Waals surface area contributed by atoms with Gasteiger partial charge < -0.3 is 20.5 Å². The van der Waals surface area contributed by atoms with Crippen molar-refractivity contribution in [2.75, 3.05) is 16.8 Å². The molecule has 10 heteroatoms. The van der Waals surface area contributed by atoms with E-state index in [1.807, 2.05) is 0 Å².